The predicted octanol–water partition coefficient (Wildman–Crippen LogP) is 8.42. The first kappa shape index (κ1) is 35.7. The van der Waals surface area contributed by atoms with Crippen LogP contribution in [-0.4, -0.2) is 23.4 Å². The number of allylic oxidation sites excluding steroid dienone is 11. The Balaban J connectivity index is 0.00000468. The second-order valence-corrected chi connectivity index (χ2v) is 12.5. The van der Waals surface area contributed by atoms with E-state index >= 15 is 0 Å². The average molecular weight is 694 g/mol. The number of aromatic nitrogens is 1. The van der Waals surface area contributed by atoms with Crippen LogP contribution < -0.4 is 10.1 Å². The van der Waals surface area contributed by atoms with Crippen LogP contribution >= 0.6 is 0 Å². The van der Waals surface area contributed by atoms with Crippen molar-refractivity contribution in [3.8, 4) is 0 Å². The van der Waals surface area contributed by atoms with Gasteiger partial charge in [0.1, 0.15) is 6.29 Å². The van der Waals surface area contributed by atoms with Gasteiger partial charge in [0.15, 0.2) is 0 Å². The molecule has 0 atom stereocenters. The SMILES string of the molecule is CCC1=C(C)C2=C(c3ccccc3)c3[n-]c(c(CC)c3C)/C(=C\[O-])C3=NC(=C(/C=C/C=O)C4=NC(=CC1=N2)C(C)=C4CC)C(CC)=C3C.[Ni+2]. The minimum atomic E-state index is 0. The molecule has 8 bridgehead atoms. The van der Waals surface area contributed by atoms with Crippen LogP contribution in [0.5, 0.6) is 0 Å². The number of aldehydes is 1. The Bertz CT molecular complexity index is 2100. The smallest absolute Gasteiger partial charge is 0.877 e. The van der Waals surface area contributed by atoms with Crippen LogP contribution in [0.15, 0.2) is 126 Å². The van der Waals surface area contributed by atoms with Crippen LogP contribution in [0, 0.1) is 6.92 Å². The average Bonchev–Trinajstić information content (AvgIpc) is 3.79. The zero-order chi connectivity index (χ0) is 34.3. The van der Waals surface area contributed by atoms with Gasteiger partial charge in [-0.3, -0.25) is 4.79 Å². The summed E-state index contributed by atoms with van der Waals surface area (Å²) < 4.78 is 0. The Hall–Kier alpha value is -4.61. The number of rotatable bonds is 7. The normalized spacial score (nSPS) is 18.6. The molecule has 1 aromatic carbocycles. The van der Waals surface area contributed by atoms with Crippen LogP contribution in [0.4, 0.5) is 0 Å². The van der Waals surface area contributed by atoms with Crippen LogP contribution in [-0.2, 0) is 27.7 Å². The molecule has 0 N–H and O–H groups in total. The number of carbonyl (C=O) groups excluding carboxylic acids is 1. The van der Waals surface area contributed by atoms with Crippen molar-refractivity contribution in [2.45, 2.75) is 81.1 Å². The predicted molar refractivity (Wildman–Crippen MR) is 196 cm³/mol. The fourth-order valence-corrected chi connectivity index (χ4v) is 7.55. The first-order valence-electron chi connectivity index (χ1n) is 17.0. The molecule has 0 fully saturated rings. The van der Waals surface area contributed by atoms with E-state index in [1.54, 1.807) is 0 Å². The maximum absolute atomic E-state index is 13.2. The number of hydrogen-bond donors (Lipinski definition) is 0. The fraction of sp³-hybridized carbons (Fsp3) is 0.286. The number of nitrogens with zero attached hydrogens (tertiary/aromatic N) is 4. The summed E-state index contributed by atoms with van der Waals surface area (Å²) in [7, 11) is 0. The molecule has 49 heavy (non-hydrogen) atoms. The van der Waals surface area contributed by atoms with E-state index in [1.165, 1.54) is 11.6 Å². The standard InChI is InChI=1S/C42H44N4O2.Ni/c1-9-28-24(6)38-36(27-17-14-13-15-18-27)39-26(8)31(12-4)42(46-39)33(22-48)37-25(7)30(11-3)41(45-37)32(19-16-20-47)40-29(10-2)23(5)34(43-40)21-35(28)44-38;/h13-22H,9-12H2,1-8H3,(H2,43,44,45,46,47,48);/q;+2/p-2. The number of benzene rings is 1. The minimum absolute atomic E-state index is 0. The van der Waals surface area contributed by atoms with Crippen LogP contribution in [0.25, 0.3) is 11.1 Å². The fourth-order valence-electron chi connectivity index (χ4n) is 7.55. The molecule has 0 radical (unpaired) electrons. The van der Waals surface area contributed by atoms with Gasteiger partial charge in [0, 0.05) is 5.57 Å². The molecule has 4 aliphatic rings. The summed E-state index contributed by atoms with van der Waals surface area (Å²) in [5.74, 6) is 0. The zero-order valence-electron chi connectivity index (χ0n) is 29.5. The van der Waals surface area contributed by atoms with Crippen LogP contribution in [0.3, 0.4) is 0 Å². The second-order valence-electron chi connectivity index (χ2n) is 12.5. The molecule has 0 aliphatic carbocycles. The van der Waals surface area contributed by atoms with Crippen molar-refractivity contribution >= 4 is 34.6 Å². The number of fused-ring (bicyclic) bond motifs is 5. The Kier molecular flexibility index (Phi) is 10.5. The van der Waals surface area contributed by atoms with Gasteiger partial charge in [-0.2, -0.15) is 0 Å². The van der Waals surface area contributed by atoms with Gasteiger partial charge in [0.25, 0.3) is 0 Å². The third-order valence-corrected chi connectivity index (χ3v) is 10.0. The number of aliphatic imine (C=N–C) groups is 3. The zero-order valence-corrected chi connectivity index (χ0v) is 30.5. The molecule has 6 rings (SSSR count). The maximum atomic E-state index is 13.2. The van der Waals surface area contributed by atoms with Gasteiger partial charge in [-0.15, -0.1) is 17.6 Å². The topological polar surface area (TPSA) is 91.3 Å². The van der Waals surface area contributed by atoms with E-state index in [0.717, 1.165) is 115 Å². The molecular formula is C42H42N4NiO2. The van der Waals surface area contributed by atoms with Crippen molar-refractivity contribution in [2.24, 2.45) is 15.0 Å². The monoisotopic (exact) mass is 692 g/mol. The largest absolute Gasteiger partial charge is 2.00 e. The molecule has 0 saturated heterocycles. The van der Waals surface area contributed by atoms with Gasteiger partial charge in [0.2, 0.25) is 0 Å². The number of hydrogen-bond acceptors (Lipinski definition) is 5. The van der Waals surface area contributed by atoms with Gasteiger partial charge >= 0.3 is 16.5 Å². The van der Waals surface area contributed by atoms with E-state index in [4.69, 9.17) is 20.0 Å². The first-order valence-corrected chi connectivity index (χ1v) is 17.0. The number of carbonyl (C=O) groups is 1. The van der Waals surface area contributed by atoms with Gasteiger partial charge < -0.3 is 10.1 Å². The van der Waals surface area contributed by atoms with E-state index in [-0.39, 0.29) is 16.5 Å². The molecule has 5 heterocycles. The van der Waals surface area contributed by atoms with Gasteiger partial charge in [-0.05, 0) is 122 Å². The summed E-state index contributed by atoms with van der Waals surface area (Å²) in [6.07, 6.45) is 10.1. The summed E-state index contributed by atoms with van der Waals surface area (Å²) in [4.78, 5) is 32.9. The third kappa shape index (κ3) is 5.78. The Morgan fingerprint density at radius 1 is 0.755 bits per heavy atom. The Morgan fingerprint density at radius 3 is 2.06 bits per heavy atom. The molecular weight excluding hydrogens is 651 g/mol. The summed E-state index contributed by atoms with van der Waals surface area (Å²) >= 11 is 0. The van der Waals surface area contributed by atoms with E-state index in [1.807, 2.05) is 31.2 Å². The molecule has 0 unspecified atom stereocenters. The van der Waals surface area contributed by atoms with E-state index in [2.05, 4.69) is 66.7 Å². The van der Waals surface area contributed by atoms with Crippen LogP contribution in [0.1, 0.15) is 95.8 Å². The van der Waals surface area contributed by atoms with Crippen molar-refractivity contribution in [3.05, 3.63) is 139 Å². The maximum Gasteiger partial charge on any atom is 2.00 e. The molecule has 4 aliphatic heterocycles. The summed E-state index contributed by atoms with van der Waals surface area (Å²) in [6.45, 7) is 16.9. The third-order valence-electron chi connectivity index (χ3n) is 10.0. The Labute approximate surface area is 300 Å². The second kappa shape index (κ2) is 14.5. The summed E-state index contributed by atoms with van der Waals surface area (Å²) in [5.41, 5.74) is 18.0. The molecule has 252 valence electrons. The Morgan fingerprint density at radius 2 is 1.45 bits per heavy atom. The van der Waals surface area contributed by atoms with E-state index < -0.39 is 0 Å². The molecule has 0 saturated carbocycles. The molecule has 6 nitrogen and oxygen atoms in total. The van der Waals surface area contributed by atoms with Crippen molar-refractivity contribution < 1.29 is 26.4 Å². The van der Waals surface area contributed by atoms with Gasteiger partial charge in [-0.1, -0.05) is 69.2 Å². The van der Waals surface area contributed by atoms with Crippen molar-refractivity contribution in [3.63, 3.8) is 0 Å². The summed E-state index contributed by atoms with van der Waals surface area (Å²) in [6, 6.07) is 10.3. The van der Waals surface area contributed by atoms with Crippen molar-refractivity contribution in [1.29, 1.82) is 0 Å². The van der Waals surface area contributed by atoms with Crippen molar-refractivity contribution in [2.75, 3.05) is 0 Å². The van der Waals surface area contributed by atoms with E-state index in [9.17, 15) is 9.90 Å². The molecule has 0 amide bonds. The van der Waals surface area contributed by atoms with Crippen molar-refractivity contribution in [1.82, 2.24) is 4.98 Å². The minimum Gasteiger partial charge on any atom is -0.877 e. The molecule has 1 aromatic heterocycles. The van der Waals surface area contributed by atoms with Crippen LogP contribution in [0.2, 0.25) is 0 Å². The van der Waals surface area contributed by atoms with Gasteiger partial charge in [0.05, 0.1) is 34.2 Å². The quantitative estimate of drug-likeness (QED) is 0.126. The molecule has 2 aromatic rings. The van der Waals surface area contributed by atoms with E-state index in [0.29, 0.717) is 29.8 Å². The van der Waals surface area contributed by atoms with Gasteiger partial charge in [-0.25, -0.2) is 15.0 Å². The summed E-state index contributed by atoms with van der Waals surface area (Å²) in [5, 5.41) is 13.2. The molecule has 0 spiro atoms. The molecule has 7 heteroatoms. The first-order chi connectivity index (χ1) is 23.2.